The topological polar surface area (TPSA) is 75.6 Å². The van der Waals surface area contributed by atoms with Crippen molar-refractivity contribution in [2.45, 2.75) is 64.0 Å². The summed E-state index contributed by atoms with van der Waals surface area (Å²) in [5.74, 6) is 2.45. The van der Waals surface area contributed by atoms with Crippen molar-refractivity contribution in [1.82, 2.24) is 25.1 Å². The molecule has 1 unspecified atom stereocenters. The van der Waals surface area contributed by atoms with Crippen LogP contribution in [0.4, 0.5) is 4.39 Å². The molecule has 1 amide bonds. The van der Waals surface area contributed by atoms with Crippen LogP contribution in [0.3, 0.4) is 0 Å². The number of amides is 1. The first kappa shape index (κ1) is 17.4. The number of carbonyl (C=O) groups excluding carboxylic acids is 1. The summed E-state index contributed by atoms with van der Waals surface area (Å²) in [6.07, 6.45) is 5.27. The van der Waals surface area contributed by atoms with E-state index < -0.39 is 0 Å². The SMILES string of the molecule is Cc1[nH]c2c(F)cccc2c1CC(=O)NC1CCc2nnc(C3CC3)n2CC1. The van der Waals surface area contributed by atoms with Gasteiger partial charge in [0.1, 0.15) is 17.5 Å². The molecule has 0 bridgehead atoms. The molecule has 0 spiro atoms. The summed E-state index contributed by atoms with van der Waals surface area (Å²) >= 11 is 0. The number of rotatable bonds is 4. The zero-order chi connectivity index (χ0) is 19.3. The van der Waals surface area contributed by atoms with Gasteiger partial charge in [0, 0.05) is 36.0 Å². The summed E-state index contributed by atoms with van der Waals surface area (Å²) in [5, 5.41) is 12.7. The molecule has 146 valence electrons. The lowest BCUT2D eigenvalue weighted by Gasteiger charge is -2.16. The zero-order valence-corrected chi connectivity index (χ0v) is 16.0. The highest BCUT2D eigenvalue weighted by Gasteiger charge is 2.31. The second kappa shape index (κ2) is 6.72. The van der Waals surface area contributed by atoms with E-state index in [0.29, 0.717) is 11.4 Å². The molecular weight excluding hydrogens is 357 g/mol. The molecule has 0 radical (unpaired) electrons. The average molecular weight is 381 g/mol. The third kappa shape index (κ3) is 3.08. The Morgan fingerprint density at radius 3 is 2.96 bits per heavy atom. The largest absolute Gasteiger partial charge is 0.356 e. The molecule has 1 aliphatic heterocycles. The Balaban J connectivity index is 1.27. The minimum Gasteiger partial charge on any atom is -0.356 e. The van der Waals surface area contributed by atoms with E-state index >= 15 is 0 Å². The van der Waals surface area contributed by atoms with Gasteiger partial charge < -0.3 is 14.9 Å². The number of aromatic amines is 1. The molecule has 1 atom stereocenters. The second-order valence-corrected chi connectivity index (χ2v) is 8.06. The molecule has 2 N–H and O–H groups in total. The summed E-state index contributed by atoms with van der Waals surface area (Å²) in [6, 6.07) is 5.11. The zero-order valence-electron chi connectivity index (χ0n) is 16.0. The van der Waals surface area contributed by atoms with Crippen LogP contribution in [-0.4, -0.2) is 31.7 Å². The average Bonchev–Trinajstić information content (AvgIpc) is 3.40. The van der Waals surface area contributed by atoms with Gasteiger partial charge in [-0.05, 0) is 44.2 Å². The van der Waals surface area contributed by atoms with Gasteiger partial charge in [-0.1, -0.05) is 12.1 Å². The van der Waals surface area contributed by atoms with Crippen molar-refractivity contribution in [2.75, 3.05) is 0 Å². The Labute approximate surface area is 162 Å². The van der Waals surface area contributed by atoms with Gasteiger partial charge in [-0.3, -0.25) is 4.79 Å². The molecule has 28 heavy (non-hydrogen) atoms. The summed E-state index contributed by atoms with van der Waals surface area (Å²) in [7, 11) is 0. The van der Waals surface area contributed by atoms with Gasteiger partial charge in [-0.25, -0.2) is 4.39 Å². The van der Waals surface area contributed by atoms with Gasteiger partial charge in [-0.15, -0.1) is 10.2 Å². The number of aromatic nitrogens is 4. The fraction of sp³-hybridized carbons (Fsp3) is 0.476. The van der Waals surface area contributed by atoms with E-state index in [1.807, 2.05) is 13.0 Å². The smallest absolute Gasteiger partial charge is 0.224 e. The molecule has 5 rings (SSSR count). The number of hydrogen-bond donors (Lipinski definition) is 2. The maximum Gasteiger partial charge on any atom is 0.224 e. The molecule has 6 nitrogen and oxygen atoms in total. The van der Waals surface area contributed by atoms with Gasteiger partial charge in [0.15, 0.2) is 0 Å². The molecule has 1 fully saturated rings. The predicted octanol–water partition coefficient (Wildman–Crippen LogP) is 3.15. The number of halogens is 1. The Morgan fingerprint density at radius 2 is 2.14 bits per heavy atom. The van der Waals surface area contributed by atoms with Crippen molar-refractivity contribution in [3.63, 3.8) is 0 Å². The maximum atomic E-state index is 14.0. The first-order valence-corrected chi connectivity index (χ1v) is 10.1. The number of aryl methyl sites for hydroxylation is 2. The van der Waals surface area contributed by atoms with Crippen molar-refractivity contribution in [3.05, 3.63) is 46.9 Å². The minimum absolute atomic E-state index is 0.0154. The van der Waals surface area contributed by atoms with E-state index in [1.54, 1.807) is 6.07 Å². The van der Waals surface area contributed by atoms with Crippen LogP contribution < -0.4 is 5.32 Å². The highest BCUT2D eigenvalue weighted by Crippen LogP contribution is 2.39. The fourth-order valence-corrected chi connectivity index (χ4v) is 4.33. The van der Waals surface area contributed by atoms with Crippen LogP contribution in [-0.2, 0) is 24.2 Å². The van der Waals surface area contributed by atoms with Gasteiger partial charge in [0.05, 0.1) is 11.9 Å². The van der Waals surface area contributed by atoms with Crippen molar-refractivity contribution in [3.8, 4) is 0 Å². The molecule has 3 heterocycles. The van der Waals surface area contributed by atoms with Crippen molar-refractivity contribution in [2.24, 2.45) is 0 Å². The molecule has 1 aliphatic carbocycles. The van der Waals surface area contributed by atoms with E-state index in [-0.39, 0.29) is 24.2 Å². The van der Waals surface area contributed by atoms with Crippen molar-refractivity contribution < 1.29 is 9.18 Å². The number of hydrogen-bond acceptors (Lipinski definition) is 3. The first-order chi connectivity index (χ1) is 13.6. The van der Waals surface area contributed by atoms with Crippen LogP contribution >= 0.6 is 0 Å². The van der Waals surface area contributed by atoms with Crippen molar-refractivity contribution >= 4 is 16.8 Å². The fourth-order valence-electron chi connectivity index (χ4n) is 4.33. The van der Waals surface area contributed by atoms with E-state index in [4.69, 9.17) is 0 Å². The van der Waals surface area contributed by atoms with Crippen LogP contribution in [0, 0.1) is 12.7 Å². The van der Waals surface area contributed by atoms with Crippen LogP contribution in [0.1, 0.15) is 54.5 Å². The molecule has 7 heteroatoms. The van der Waals surface area contributed by atoms with Crippen LogP contribution in [0.15, 0.2) is 18.2 Å². The van der Waals surface area contributed by atoms with Crippen LogP contribution in [0.5, 0.6) is 0 Å². The van der Waals surface area contributed by atoms with Gasteiger partial charge in [0.2, 0.25) is 5.91 Å². The second-order valence-electron chi connectivity index (χ2n) is 8.06. The Kier molecular flexibility index (Phi) is 4.18. The highest BCUT2D eigenvalue weighted by molar-refractivity contribution is 5.90. The van der Waals surface area contributed by atoms with Crippen LogP contribution in [0.2, 0.25) is 0 Å². The molecule has 1 aromatic carbocycles. The van der Waals surface area contributed by atoms with E-state index in [9.17, 15) is 9.18 Å². The highest BCUT2D eigenvalue weighted by atomic mass is 19.1. The molecule has 0 saturated heterocycles. The Morgan fingerprint density at radius 1 is 1.29 bits per heavy atom. The molecular formula is C21H24FN5O. The lowest BCUT2D eigenvalue weighted by molar-refractivity contribution is -0.121. The van der Waals surface area contributed by atoms with Gasteiger partial charge in [-0.2, -0.15) is 0 Å². The normalized spacial score (nSPS) is 19.4. The van der Waals surface area contributed by atoms with Crippen molar-refractivity contribution in [1.29, 1.82) is 0 Å². The van der Waals surface area contributed by atoms with Crippen LogP contribution in [0.25, 0.3) is 10.9 Å². The predicted molar refractivity (Wildman–Crippen MR) is 104 cm³/mol. The lowest BCUT2D eigenvalue weighted by Crippen LogP contribution is -2.36. The first-order valence-electron chi connectivity index (χ1n) is 10.1. The Hall–Kier alpha value is -2.70. The number of nitrogens with one attached hydrogen (secondary N) is 2. The molecule has 1 saturated carbocycles. The number of para-hydroxylation sites is 1. The van der Waals surface area contributed by atoms with E-state index in [2.05, 4.69) is 25.1 Å². The van der Waals surface area contributed by atoms with Gasteiger partial charge >= 0.3 is 0 Å². The van der Waals surface area contributed by atoms with E-state index in [0.717, 1.165) is 54.1 Å². The summed E-state index contributed by atoms with van der Waals surface area (Å²) in [5.41, 5.74) is 2.19. The Bertz CT molecular complexity index is 1050. The number of H-pyrrole nitrogens is 1. The minimum atomic E-state index is -0.287. The quantitative estimate of drug-likeness (QED) is 0.729. The summed E-state index contributed by atoms with van der Waals surface area (Å²) < 4.78 is 16.2. The van der Waals surface area contributed by atoms with E-state index in [1.165, 1.54) is 18.9 Å². The third-order valence-electron chi connectivity index (χ3n) is 6.02. The maximum absolute atomic E-state index is 14.0. The van der Waals surface area contributed by atoms with Gasteiger partial charge in [0.25, 0.3) is 0 Å². The standard InChI is InChI=1S/C21H24FN5O/c1-12-16(15-3-2-4-17(22)20(15)23-12)11-19(28)24-14-7-8-18-25-26-21(13-5-6-13)27(18)10-9-14/h2-4,13-14,23H,5-11H2,1H3,(H,24,28). The summed E-state index contributed by atoms with van der Waals surface area (Å²) in [4.78, 5) is 15.8. The number of fused-ring (bicyclic) bond motifs is 2. The third-order valence-corrected chi connectivity index (χ3v) is 6.02. The molecule has 2 aliphatic rings. The number of nitrogens with zero attached hydrogens (tertiary/aromatic N) is 3. The monoisotopic (exact) mass is 381 g/mol. The number of benzene rings is 1. The summed E-state index contributed by atoms with van der Waals surface area (Å²) in [6.45, 7) is 2.75. The molecule has 3 aromatic rings. The molecule has 2 aromatic heterocycles. The number of carbonyl (C=O) groups is 1. The lowest BCUT2D eigenvalue weighted by atomic mass is 10.1.